The molecule has 2 heterocycles. The van der Waals surface area contributed by atoms with Gasteiger partial charge in [0, 0.05) is 38.0 Å². The van der Waals surface area contributed by atoms with Crippen molar-refractivity contribution in [2.75, 3.05) is 26.6 Å². The SMILES string of the molecule is COc1cc(NC(=O)[C@H]2C[C@@H](c3cn(C)nc3C)NS(=O)(=O)N2C)c(OC)cc1Cl. The van der Waals surface area contributed by atoms with E-state index in [-0.39, 0.29) is 6.42 Å². The molecule has 2 atom stereocenters. The molecule has 0 radical (unpaired) electrons. The number of hydrogen-bond acceptors (Lipinski definition) is 6. The third-order valence-electron chi connectivity index (χ3n) is 5.03. The number of nitrogens with one attached hydrogen (secondary N) is 2. The lowest BCUT2D eigenvalue weighted by atomic mass is 10.00. The van der Waals surface area contributed by atoms with Crippen molar-refractivity contribution in [1.82, 2.24) is 18.8 Å². The fourth-order valence-corrected chi connectivity index (χ4v) is 4.94. The summed E-state index contributed by atoms with van der Waals surface area (Å²) in [5.41, 5.74) is 1.73. The summed E-state index contributed by atoms with van der Waals surface area (Å²) < 4.78 is 41.0. The highest BCUT2D eigenvalue weighted by molar-refractivity contribution is 7.87. The number of aryl methyl sites for hydroxylation is 2. The van der Waals surface area contributed by atoms with E-state index in [1.54, 1.807) is 24.9 Å². The number of anilines is 1. The monoisotopic (exact) mass is 457 g/mol. The summed E-state index contributed by atoms with van der Waals surface area (Å²) in [6, 6.07) is 1.50. The molecule has 1 aliphatic rings. The van der Waals surface area contributed by atoms with E-state index >= 15 is 0 Å². The first-order valence-electron chi connectivity index (χ1n) is 9.05. The minimum Gasteiger partial charge on any atom is -0.495 e. The first kappa shape index (κ1) is 22.3. The van der Waals surface area contributed by atoms with E-state index in [0.717, 1.165) is 9.87 Å². The van der Waals surface area contributed by atoms with Crippen LogP contribution in [0.5, 0.6) is 11.5 Å². The first-order valence-corrected chi connectivity index (χ1v) is 10.9. The van der Waals surface area contributed by atoms with Gasteiger partial charge in [-0.3, -0.25) is 9.48 Å². The van der Waals surface area contributed by atoms with Gasteiger partial charge in [0.15, 0.2) is 0 Å². The van der Waals surface area contributed by atoms with Crippen LogP contribution in [0.1, 0.15) is 23.7 Å². The van der Waals surface area contributed by atoms with E-state index in [1.165, 1.54) is 33.4 Å². The van der Waals surface area contributed by atoms with Crippen molar-refractivity contribution < 1.29 is 22.7 Å². The van der Waals surface area contributed by atoms with Crippen molar-refractivity contribution >= 4 is 33.4 Å². The lowest BCUT2D eigenvalue weighted by molar-refractivity contribution is -0.120. The summed E-state index contributed by atoms with van der Waals surface area (Å²) in [6.07, 6.45) is 1.97. The molecule has 3 rings (SSSR count). The molecule has 1 saturated heterocycles. The van der Waals surface area contributed by atoms with Crippen molar-refractivity contribution in [2.45, 2.75) is 25.4 Å². The zero-order valence-electron chi connectivity index (χ0n) is 17.3. The predicted octanol–water partition coefficient (Wildman–Crippen LogP) is 1.62. The topological polar surface area (TPSA) is 115 Å². The highest BCUT2D eigenvalue weighted by Gasteiger charge is 2.41. The first-order chi connectivity index (χ1) is 14.1. The molecule has 0 bridgehead atoms. The standard InChI is InChI=1S/C18H24ClN5O5S/c1-10-11(9-23(2)21-10)13-7-15(24(3)30(26,27)22-13)18(25)20-14-8-16(28-4)12(19)6-17(14)29-5/h6,8-9,13,15,22H,7H2,1-5H3,(H,20,25)/t13-,15+/m0/s1. The number of carbonyl (C=O) groups excluding carboxylic acids is 1. The molecule has 2 aromatic rings. The summed E-state index contributed by atoms with van der Waals surface area (Å²) >= 11 is 6.11. The van der Waals surface area contributed by atoms with E-state index in [1.807, 2.05) is 0 Å². The third-order valence-corrected chi connectivity index (χ3v) is 6.92. The largest absolute Gasteiger partial charge is 0.495 e. The zero-order chi connectivity index (χ0) is 22.2. The Bertz CT molecular complexity index is 1070. The summed E-state index contributed by atoms with van der Waals surface area (Å²) in [5, 5.41) is 7.32. The maximum Gasteiger partial charge on any atom is 0.280 e. The molecular weight excluding hydrogens is 434 g/mol. The van der Waals surface area contributed by atoms with Crippen LogP contribution in [-0.2, 0) is 22.1 Å². The number of rotatable bonds is 5. The Labute approximate surface area is 180 Å². The number of ether oxygens (including phenoxy) is 2. The second-order valence-corrected chi connectivity index (χ2v) is 9.13. The number of methoxy groups -OCH3 is 2. The van der Waals surface area contributed by atoms with E-state index < -0.39 is 28.2 Å². The van der Waals surface area contributed by atoms with Crippen LogP contribution in [0.4, 0.5) is 5.69 Å². The van der Waals surface area contributed by atoms with Gasteiger partial charge < -0.3 is 14.8 Å². The molecule has 1 aliphatic heterocycles. The summed E-state index contributed by atoms with van der Waals surface area (Å²) in [7, 11) is 2.13. The van der Waals surface area contributed by atoms with Gasteiger partial charge in [-0.1, -0.05) is 11.6 Å². The van der Waals surface area contributed by atoms with Crippen LogP contribution in [-0.4, -0.2) is 55.7 Å². The second-order valence-electron chi connectivity index (χ2n) is 6.96. The average molecular weight is 458 g/mol. The number of hydrogen-bond donors (Lipinski definition) is 2. The molecule has 164 valence electrons. The molecule has 10 nitrogen and oxygen atoms in total. The van der Waals surface area contributed by atoms with Crippen LogP contribution in [0.2, 0.25) is 5.02 Å². The number of benzene rings is 1. The van der Waals surface area contributed by atoms with Gasteiger partial charge in [0.2, 0.25) is 5.91 Å². The highest BCUT2D eigenvalue weighted by atomic mass is 35.5. The number of nitrogens with zero attached hydrogens (tertiary/aromatic N) is 3. The number of halogens is 1. The molecule has 0 spiro atoms. The Morgan fingerprint density at radius 3 is 2.50 bits per heavy atom. The smallest absolute Gasteiger partial charge is 0.280 e. The van der Waals surface area contributed by atoms with E-state index in [2.05, 4.69) is 15.1 Å². The lowest BCUT2D eigenvalue weighted by Crippen LogP contribution is -2.56. The van der Waals surface area contributed by atoms with Gasteiger partial charge in [-0.05, 0) is 13.3 Å². The van der Waals surface area contributed by atoms with E-state index in [9.17, 15) is 13.2 Å². The maximum absolute atomic E-state index is 13.1. The van der Waals surface area contributed by atoms with Gasteiger partial charge in [0.05, 0.1) is 36.7 Å². The molecule has 0 unspecified atom stereocenters. The summed E-state index contributed by atoms with van der Waals surface area (Å²) in [6.45, 7) is 1.79. The molecule has 0 aliphatic carbocycles. The quantitative estimate of drug-likeness (QED) is 0.705. The van der Waals surface area contributed by atoms with Crippen LogP contribution in [0.15, 0.2) is 18.3 Å². The van der Waals surface area contributed by atoms with Gasteiger partial charge in [-0.15, -0.1) is 0 Å². The fourth-order valence-electron chi connectivity index (χ4n) is 3.45. The molecule has 2 N–H and O–H groups in total. The van der Waals surface area contributed by atoms with E-state index in [0.29, 0.717) is 27.9 Å². The summed E-state index contributed by atoms with van der Waals surface area (Å²) in [5.74, 6) is 0.174. The van der Waals surface area contributed by atoms with Gasteiger partial charge in [0.1, 0.15) is 17.5 Å². The number of carbonyl (C=O) groups is 1. The Morgan fingerprint density at radius 1 is 1.27 bits per heavy atom. The normalized spacial score (nSPS) is 21.3. The Morgan fingerprint density at radius 2 is 1.93 bits per heavy atom. The molecule has 1 fully saturated rings. The van der Waals surface area contributed by atoms with Gasteiger partial charge in [0.25, 0.3) is 10.2 Å². The zero-order valence-corrected chi connectivity index (χ0v) is 18.8. The van der Waals surface area contributed by atoms with Crippen LogP contribution in [0.3, 0.4) is 0 Å². The Balaban J connectivity index is 1.91. The molecule has 30 heavy (non-hydrogen) atoms. The van der Waals surface area contributed by atoms with Crippen LogP contribution in [0.25, 0.3) is 0 Å². The average Bonchev–Trinajstić information content (AvgIpc) is 3.02. The Kier molecular flexibility index (Phi) is 6.27. The van der Waals surface area contributed by atoms with Crippen LogP contribution >= 0.6 is 11.6 Å². The van der Waals surface area contributed by atoms with Gasteiger partial charge >= 0.3 is 0 Å². The van der Waals surface area contributed by atoms with Crippen molar-refractivity contribution in [3.05, 3.63) is 34.6 Å². The number of likely N-dealkylation sites (N-methyl/N-ethyl adjacent to an activating group) is 1. The van der Waals surface area contributed by atoms with E-state index in [4.69, 9.17) is 21.1 Å². The van der Waals surface area contributed by atoms with Crippen molar-refractivity contribution in [3.63, 3.8) is 0 Å². The van der Waals surface area contributed by atoms with Crippen molar-refractivity contribution in [1.29, 1.82) is 0 Å². The fraction of sp³-hybridized carbons (Fsp3) is 0.444. The predicted molar refractivity (Wildman–Crippen MR) is 112 cm³/mol. The molecule has 1 aromatic heterocycles. The molecule has 12 heteroatoms. The third kappa shape index (κ3) is 4.24. The second kappa shape index (κ2) is 8.42. The van der Waals surface area contributed by atoms with Crippen LogP contribution < -0.4 is 19.5 Å². The number of aromatic nitrogens is 2. The molecule has 0 saturated carbocycles. The van der Waals surface area contributed by atoms with Gasteiger partial charge in [-0.2, -0.15) is 22.5 Å². The molecule has 1 amide bonds. The lowest BCUT2D eigenvalue weighted by Gasteiger charge is -2.36. The minimum atomic E-state index is -3.88. The molecule has 1 aromatic carbocycles. The van der Waals surface area contributed by atoms with Crippen molar-refractivity contribution in [3.8, 4) is 11.5 Å². The van der Waals surface area contributed by atoms with Crippen LogP contribution in [0, 0.1) is 6.92 Å². The maximum atomic E-state index is 13.1. The van der Waals surface area contributed by atoms with Gasteiger partial charge in [-0.25, -0.2) is 0 Å². The Hall–Kier alpha value is -2.34. The summed E-state index contributed by atoms with van der Waals surface area (Å²) in [4.78, 5) is 13.1. The number of amides is 1. The van der Waals surface area contributed by atoms with Crippen molar-refractivity contribution in [2.24, 2.45) is 7.05 Å². The minimum absolute atomic E-state index is 0.223. The molecular formula is C18H24ClN5O5S. The highest BCUT2D eigenvalue weighted by Crippen LogP contribution is 2.37.